The number of aliphatic imine (C=N–C) groups is 2. The molecule has 5 rings (SSSR count). The fraction of sp³-hybridized carbons (Fsp3) is 0. The highest BCUT2D eigenvalue weighted by Gasteiger charge is 2.25. The Morgan fingerprint density at radius 2 is 1.53 bits per heavy atom. The number of para-hydroxylation sites is 1. The van der Waals surface area contributed by atoms with E-state index in [9.17, 15) is 9.90 Å². The van der Waals surface area contributed by atoms with Gasteiger partial charge in [0.1, 0.15) is 11.5 Å². The molecular formula is C25H17N3O2. The van der Waals surface area contributed by atoms with Gasteiger partial charge in [-0.05, 0) is 47.2 Å². The van der Waals surface area contributed by atoms with Gasteiger partial charge in [0.05, 0.1) is 17.1 Å². The first-order chi connectivity index (χ1) is 14.7. The molecule has 0 aliphatic carbocycles. The van der Waals surface area contributed by atoms with Crippen molar-refractivity contribution in [1.29, 1.82) is 0 Å². The fourth-order valence-electron chi connectivity index (χ4n) is 3.51. The molecule has 0 spiro atoms. The third-order valence-corrected chi connectivity index (χ3v) is 5.03. The average molecular weight is 391 g/mol. The molecule has 0 saturated carbocycles. The maximum absolute atomic E-state index is 12.2. The van der Waals surface area contributed by atoms with Crippen molar-refractivity contribution < 1.29 is 9.90 Å². The predicted molar refractivity (Wildman–Crippen MR) is 121 cm³/mol. The molecule has 0 saturated heterocycles. The molecule has 0 atom stereocenters. The Hall–Kier alpha value is -4.25. The second-order valence-corrected chi connectivity index (χ2v) is 6.95. The molecule has 0 unspecified atom stereocenters. The van der Waals surface area contributed by atoms with Crippen LogP contribution in [-0.2, 0) is 4.79 Å². The third kappa shape index (κ3) is 3.22. The topological polar surface area (TPSA) is 74.0 Å². The number of nitrogens with zero attached hydrogens (tertiary/aromatic N) is 2. The molecule has 2 N–H and O–H groups in total. The molecule has 5 nitrogen and oxygen atoms in total. The third-order valence-electron chi connectivity index (χ3n) is 5.03. The van der Waals surface area contributed by atoms with Crippen molar-refractivity contribution in [2.24, 2.45) is 9.98 Å². The van der Waals surface area contributed by atoms with Gasteiger partial charge in [-0.15, -0.1) is 0 Å². The minimum Gasteiger partial charge on any atom is -0.507 e. The van der Waals surface area contributed by atoms with Crippen LogP contribution in [0.5, 0.6) is 5.75 Å². The zero-order valence-electron chi connectivity index (χ0n) is 15.9. The lowest BCUT2D eigenvalue weighted by molar-refractivity contribution is -0.110. The molecule has 144 valence electrons. The molecule has 0 radical (unpaired) electrons. The summed E-state index contributed by atoms with van der Waals surface area (Å²) >= 11 is 0. The van der Waals surface area contributed by atoms with E-state index in [1.807, 2.05) is 78.9 Å². The minimum absolute atomic E-state index is 0.186. The van der Waals surface area contributed by atoms with Crippen molar-refractivity contribution in [2.75, 3.05) is 5.32 Å². The Morgan fingerprint density at radius 1 is 0.800 bits per heavy atom. The number of aromatic hydroxyl groups is 1. The van der Waals surface area contributed by atoms with Gasteiger partial charge >= 0.3 is 0 Å². The monoisotopic (exact) mass is 391 g/mol. The SMILES string of the molecule is O=C1Nc2ccccc2C1=Nc1ccc(N=Cc2c(O)ccc3ccccc23)cc1. The van der Waals surface area contributed by atoms with Crippen LogP contribution in [0.1, 0.15) is 11.1 Å². The first-order valence-corrected chi connectivity index (χ1v) is 9.53. The Labute approximate surface area is 173 Å². The van der Waals surface area contributed by atoms with E-state index in [4.69, 9.17) is 0 Å². The van der Waals surface area contributed by atoms with Crippen LogP contribution in [-0.4, -0.2) is 22.9 Å². The Balaban J connectivity index is 1.43. The molecule has 1 amide bonds. The summed E-state index contributed by atoms with van der Waals surface area (Å²) in [7, 11) is 0. The summed E-state index contributed by atoms with van der Waals surface area (Å²) in [5.41, 5.74) is 4.05. The smallest absolute Gasteiger partial charge is 0.275 e. The number of carbonyl (C=O) groups is 1. The summed E-state index contributed by atoms with van der Waals surface area (Å²) in [4.78, 5) is 21.2. The molecule has 5 heteroatoms. The molecule has 0 aromatic heterocycles. The fourth-order valence-corrected chi connectivity index (χ4v) is 3.51. The highest BCUT2D eigenvalue weighted by Crippen LogP contribution is 2.28. The van der Waals surface area contributed by atoms with Gasteiger partial charge in [-0.2, -0.15) is 0 Å². The van der Waals surface area contributed by atoms with Crippen molar-refractivity contribution >= 4 is 45.7 Å². The number of benzene rings is 4. The molecule has 1 aliphatic rings. The normalized spacial score (nSPS) is 14.4. The number of amides is 1. The van der Waals surface area contributed by atoms with Gasteiger partial charge in [-0.25, -0.2) is 4.99 Å². The van der Waals surface area contributed by atoms with Crippen LogP contribution in [0.2, 0.25) is 0 Å². The number of hydrogen-bond donors (Lipinski definition) is 2. The summed E-state index contributed by atoms with van der Waals surface area (Å²) in [6, 6.07) is 26.2. The lowest BCUT2D eigenvalue weighted by Crippen LogP contribution is -2.13. The lowest BCUT2D eigenvalue weighted by atomic mass is 10.0. The van der Waals surface area contributed by atoms with E-state index in [0.29, 0.717) is 17.0 Å². The molecule has 1 aliphatic heterocycles. The summed E-state index contributed by atoms with van der Waals surface area (Å²) in [5.74, 6) is -0.0175. The number of carbonyl (C=O) groups excluding carboxylic acids is 1. The summed E-state index contributed by atoms with van der Waals surface area (Å²) in [5, 5.41) is 15.0. The van der Waals surface area contributed by atoms with Crippen LogP contribution in [0, 0.1) is 0 Å². The number of anilines is 1. The van der Waals surface area contributed by atoms with Crippen molar-refractivity contribution in [3.8, 4) is 5.75 Å². The van der Waals surface area contributed by atoms with E-state index in [-0.39, 0.29) is 11.7 Å². The molecule has 1 heterocycles. The number of fused-ring (bicyclic) bond motifs is 2. The van der Waals surface area contributed by atoms with E-state index in [0.717, 1.165) is 27.7 Å². The lowest BCUT2D eigenvalue weighted by Gasteiger charge is -2.04. The van der Waals surface area contributed by atoms with Crippen molar-refractivity contribution in [1.82, 2.24) is 0 Å². The summed E-state index contributed by atoms with van der Waals surface area (Å²) < 4.78 is 0. The van der Waals surface area contributed by atoms with Crippen LogP contribution >= 0.6 is 0 Å². The van der Waals surface area contributed by atoms with Crippen molar-refractivity contribution in [3.63, 3.8) is 0 Å². The van der Waals surface area contributed by atoms with Gasteiger partial charge in [0, 0.05) is 17.3 Å². The highest BCUT2D eigenvalue weighted by molar-refractivity contribution is 6.54. The van der Waals surface area contributed by atoms with E-state index in [2.05, 4.69) is 15.3 Å². The Bertz CT molecular complexity index is 1340. The molecule has 30 heavy (non-hydrogen) atoms. The number of phenols is 1. The maximum atomic E-state index is 12.2. The largest absolute Gasteiger partial charge is 0.507 e. The number of hydrogen-bond acceptors (Lipinski definition) is 4. The maximum Gasteiger partial charge on any atom is 0.275 e. The van der Waals surface area contributed by atoms with Gasteiger partial charge in [-0.1, -0.05) is 48.5 Å². The van der Waals surface area contributed by atoms with Crippen LogP contribution < -0.4 is 5.32 Å². The molecule has 0 fully saturated rings. The van der Waals surface area contributed by atoms with Gasteiger partial charge in [0.25, 0.3) is 5.91 Å². The molecule has 0 bridgehead atoms. The van der Waals surface area contributed by atoms with Crippen molar-refractivity contribution in [2.45, 2.75) is 0 Å². The quantitative estimate of drug-likeness (QED) is 0.461. The van der Waals surface area contributed by atoms with Gasteiger partial charge < -0.3 is 10.4 Å². The average Bonchev–Trinajstić information content (AvgIpc) is 3.09. The summed E-state index contributed by atoms with van der Waals surface area (Å²) in [6.45, 7) is 0. The molecule has 4 aromatic rings. The van der Waals surface area contributed by atoms with Crippen LogP contribution in [0.4, 0.5) is 17.1 Å². The van der Waals surface area contributed by atoms with Crippen molar-refractivity contribution in [3.05, 3.63) is 96.1 Å². The van der Waals surface area contributed by atoms with E-state index >= 15 is 0 Å². The van der Waals surface area contributed by atoms with Crippen LogP contribution in [0.15, 0.2) is 94.9 Å². The zero-order valence-corrected chi connectivity index (χ0v) is 15.9. The molecule has 4 aromatic carbocycles. The Morgan fingerprint density at radius 3 is 2.40 bits per heavy atom. The standard InChI is InChI=1S/C25H17N3O2/c29-23-14-9-16-5-1-2-6-19(16)21(23)15-26-17-10-12-18(13-11-17)27-24-20-7-3-4-8-22(20)28-25(24)30/h1-15,29H,(H,27,28,30). The minimum atomic E-state index is -0.204. The van der Waals surface area contributed by atoms with E-state index < -0.39 is 0 Å². The number of phenolic OH excluding ortho intramolecular Hbond substituents is 1. The van der Waals surface area contributed by atoms with E-state index in [1.54, 1.807) is 12.3 Å². The summed E-state index contributed by atoms with van der Waals surface area (Å²) in [6.07, 6.45) is 1.67. The van der Waals surface area contributed by atoms with Gasteiger partial charge in [-0.3, -0.25) is 9.79 Å². The number of nitrogens with one attached hydrogen (secondary N) is 1. The van der Waals surface area contributed by atoms with Gasteiger partial charge in [0.15, 0.2) is 0 Å². The molecular weight excluding hydrogens is 374 g/mol. The second-order valence-electron chi connectivity index (χ2n) is 6.95. The first-order valence-electron chi connectivity index (χ1n) is 9.53. The van der Waals surface area contributed by atoms with E-state index in [1.165, 1.54) is 0 Å². The Kier molecular flexibility index (Phi) is 4.33. The highest BCUT2D eigenvalue weighted by atomic mass is 16.3. The first kappa shape index (κ1) is 17.8. The number of rotatable bonds is 3. The van der Waals surface area contributed by atoms with Crippen LogP contribution in [0.3, 0.4) is 0 Å². The van der Waals surface area contributed by atoms with Gasteiger partial charge in [0.2, 0.25) is 0 Å². The zero-order chi connectivity index (χ0) is 20.5. The second kappa shape index (κ2) is 7.29. The van der Waals surface area contributed by atoms with Crippen LogP contribution in [0.25, 0.3) is 10.8 Å². The predicted octanol–water partition coefficient (Wildman–Crippen LogP) is 5.37.